The van der Waals surface area contributed by atoms with E-state index in [9.17, 15) is 9.59 Å². The van der Waals surface area contributed by atoms with Crippen molar-refractivity contribution in [2.24, 2.45) is 0 Å². The molecule has 0 saturated carbocycles. The number of methoxy groups -OCH3 is 2. The molecule has 0 spiro atoms. The fraction of sp³-hybridized carbons (Fsp3) is 0.0909. The Bertz CT molecular complexity index is 884. The number of benzene rings is 3. The molecular formula is C22H19NO5. The van der Waals surface area contributed by atoms with E-state index in [0.29, 0.717) is 28.3 Å². The lowest BCUT2D eigenvalue weighted by Gasteiger charge is -2.12. The maximum atomic E-state index is 12.5. The van der Waals surface area contributed by atoms with E-state index in [1.165, 1.54) is 0 Å². The Morgan fingerprint density at radius 3 is 1.82 bits per heavy atom. The van der Waals surface area contributed by atoms with Crippen LogP contribution in [0.4, 0.5) is 5.69 Å². The summed E-state index contributed by atoms with van der Waals surface area (Å²) in [7, 11) is 3.11. The molecule has 0 aliphatic heterocycles. The van der Waals surface area contributed by atoms with Gasteiger partial charge < -0.3 is 19.5 Å². The minimum Gasteiger partial charge on any atom is -0.497 e. The van der Waals surface area contributed by atoms with Crippen LogP contribution in [0.15, 0.2) is 72.8 Å². The molecule has 0 radical (unpaired) electrons. The SMILES string of the molecule is COc1ccc(C(=O)Nc2ccccc2OC(=O)c2ccc(OC)cc2)cc1. The average Bonchev–Trinajstić information content (AvgIpc) is 2.75. The number of rotatable bonds is 6. The van der Waals surface area contributed by atoms with Crippen molar-refractivity contribution in [3.05, 3.63) is 83.9 Å². The van der Waals surface area contributed by atoms with Crippen molar-refractivity contribution in [1.82, 2.24) is 0 Å². The Balaban J connectivity index is 1.74. The van der Waals surface area contributed by atoms with Gasteiger partial charge >= 0.3 is 5.97 Å². The summed E-state index contributed by atoms with van der Waals surface area (Å²) in [5, 5.41) is 2.76. The molecule has 1 N–H and O–H groups in total. The topological polar surface area (TPSA) is 73.9 Å². The van der Waals surface area contributed by atoms with Gasteiger partial charge in [-0.2, -0.15) is 0 Å². The Morgan fingerprint density at radius 2 is 1.25 bits per heavy atom. The van der Waals surface area contributed by atoms with Gasteiger partial charge in [-0.15, -0.1) is 0 Å². The van der Waals surface area contributed by atoms with E-state index < -0.39 is 5.97 Å². The third kappa shape index (κ3) is 4.48. The smallest absolute Gasteiger partial charge is 0.343 e. The van der Waals surface area contributed by atoms with Crippen molar-refractivity contribution >= 4 is 17.6 Å². The summed E-state index contributed by atoms with van der Waals surface area (Å²) in [5.74, 6) is 0.698. The first kappa shape index (κ1) is 19.0. The lowest BCUT2D eigenvalue weighted by molar-refractivity contribution is 0.0734. The van der Waals surface area contributed by atoms with Gasteiger partial charge in [-0.25, -0.2) is 4.79 Å². The van der Waals surface area contributed by atoms with Crippen LogP contribution in [0.3, 0.4) is 0 Å². The second-order valence-corrected chi connectivity index (χ2v) is 5.80. The second kappa shape index (κ2) is 8.73. The normalized spacial score (nSPS) is 10.1. The van der Waals surface area contributed by atoms with Gasteiger partial charge in [0.05, 0.1) is 25.5 Å². The standard InChI is InChI=1S/C22H19NO5/c1-26-17-11-7-15(8-12-17)21(24)23-19-5-3-4-6-20(19)28-22(25)16-9-13-18(27-2)14-10-16/h3-14H,1-2H3,(H,23,24). The van der Waals surface area contributed by atoms with Crippen LogP contribution in [-0.4, -0.2) is 26.1 Å². The zero-order chi connectivity index (χ0) is 19.9. The first-order chi connectivity index (χ1) is 13.6. The lowest BCUT2D eigenvalue weighted by Crippen LogP contribution is -2.14. The first-order valence-electron chi connectivity index (χ1n) is 8.51. The maximum absolute atomic E-state index is 12.5. The maximum Gasteiger partial charge on any atom is 0.343 e. The lowest BCUT2D eigenvalue weighted by atomic mass is 10.2. The number of esters is 1. The number of hydrogen-bond acceptors (Lipinski definition) is 5. The number of nitrogens with one attached hydrogen (secondary N) is 1. The number of ether oxygens (including phenoxy) is 3. The molecule has 6 nitrogen and oxygen atoms in total. The highest BCUT2D eigenvalue weighted by molar-refractivity contribution is 6.05. The molecule has 0 heterocycles. The van der Waals surface area contributed by atoms with Crippen LogP contribution in [0.2, 0.25) is 0 Å². The molecule has 0 aliphatic rings. The highest BCUT2D eigenvalue weighted by Gasteiger charge is 2.14. The Hall–Kier alpha value is -3.80. The highest BCUT2D eigenvalue weighted by Crippen LogP contribution is 2.26. The van der Waals surface area contributed by atoms with E-state index in [2.05, 4.69) is 5.32 Å². The van der Waals surface area contributed by atoms with Gasteiger partial charge in [0, 0.05) is 5.56 Å². The van der Waals surface area contributed by atoms with Crippen LogP contribution < -0.4 is 19.5 Å². The minimum absolute atomic E-state index is 0.255. The van der Waals surface area contributed by atoms with Crippen LogP contribution in [0.5, 0.6) is 17.2 Å². The molecule has 3 rings (SSSR count). The zero-order valence-electron chi connectivity index (χ0n) is 15.5. The van der Waals surface area contributed by atoms with E-state index in [-0.39, 0.29) is 11.7 Å². The van der Waals surface area contributed by atoms with E-state index in [1.54, 1.807) is 87.0 Å². The summed E-state index contributed by atoms with van der Waals surface area (Å²) in [5.41, 5.74) is 1.22. The van der Waals surface area contributed by atoms with E-state index >= 15 is 0 Å². The summed E-state index contributed by atoms with van der Waals surface area (Å²) in [6.45, 7) is 0. The predicted molar refractivity (Wildman–Crippen MR) is 105 cm³/mol. The number of carbonyl (C=O) groups is 2. The van der Waals surface area contributed by atoms with Crippen LogP contribution in [0.1, 0.15) is 20.7 Å². The van der Waals surface area contributed by atoms with Crippen molar-refractivity contribution in [3.8, 4) is 17.2 Å². The Labute approximate surface area is 162 Å². The van der Waals surface area contributed by atoms with E-state index in [0.717, 1.165) is 0 Å². The van der Waals surface area contributed by atoms with Crippen molar-refractivity contribution in [2.75, 3.05) is 19.5 Å². The van der Waals surface area contributed by atoms with Crippen LogP contribution >= 0.6 is 0 Å². The third-order valence-electron chi connectivity index (χ3n) is 4.02. The number of anilines is 1. The first-order valence-corrected chi connectivity index (χ1v) is 8.51. The molecule has 0 atom stereocenters. The highest BCUT2D eigenvalue weighted by atomic mass is 16.5. The summed E-state index contributed by atoms with van der Waals surface area (Å²) in [6, 6.07) is 20.0. The number of para-hydroxylation sites is 2. The second-order valence-electron chi connectivity index (χ2n) is 5.80. The molecule has 0 bridgehead atoms. The molecule has 3 aromatic carbocycles. The van der Waals surface area contributed by atoms with Crippen molar-refractivity contribution in [3.63, 3.8) is 0 Å². The van der Waals surface area contributed by atoms with Crippen LogP contribution in [0, 0.1) is 0 Å². The van der Waals surface area contributed by atoms with Gasteiger partial charge in [0.2, 0.25) is 0 Å². The number of amides is 1. The summed E-state index contributed by atoms with van der Waals surface area (Å²) < 4.78 is 15.6. The van der Waals surface area contributed by atoms with Gasteiger partial charge in [-0.1, -0.05) is 12.1 Å². The molecule has 28 heavy (non-hydrogen) atoms. The zero-order valence-corrected chi connectivity index (χ0v) is 15.5. The third-order valence-corrected chi connectivity index (χ3v) is 4.02. The molecule has 6 heteroatoms. The van der Waals surface area contributed by atoms with Gasteiger partial charge in [0.1, 0.15) is 11.5 Å². The Morgan fingerprint density at radius 1 is 0.714 bits per heavy atom. The average molecular weight is 377 g/mol. The van der Waals surface area contributed by atoms with Gasteiger partial charge in [-0.05, 0) is 60.7 Å². The van der Waals surface area contributed by atoms with Crippen LogP contribution in [-0.2, 0) is 0 Å². The Kier molecular flexibility index (Phi) is 5.91. The molecular weight excluding hydrogens is 358 g/mol. The molecule has 142 valence electrons. The van der Waals surface area contributed by atoms with Crippen molar-refractivity contribution in [2.45, 2.75) is 0 Å². The number of hydrogen-bond donors (Lipinski definition) is 1. The van der Waals surface area contributed by atoms with Gasteiger partial charge in [0.15, 0.2) is 5.75 Å². The van der Waals surface area contributed by atoms with Crippen molar-refractivity contribution in [1.29, 1.82) is 0 Å². The summed E-state index contributed by atoms with van der Waals surface area (Å²) >= 11 is 0. The van der Waals surface area contributed by atoms with E-state index in [1.807, 2.05) is 0 Å². The fourth-order valence-corrected chi connectivity index (χ4v) is 2.48. The predicted octanol–water partition coefficient (Wildman–Crippen LogP) is 4.18. The molecule has 3 aromatic rings. The fourth-order valence-electron chi connectivity index (χ4n) is 2.48. The molecule has 0 fully saturated rings. The largest absolute Gasteiger partial charge is 0.497 e. The monoisotopic (exact) mass is 377 g/mol. The molecule has 0 unspecified atom stereocenters. The molecule has 1 amide bonds. The summed E-state index contributed by atoms with van der Waals surface area (Å²) in [6.07, 6.45) is 0. The minimum atomic E-state index is -0.534. The quantitative estimate of drug-likeness (QED) is 0.515. The molecule has 0 saturated heterocycles. The van der Waals surface area contributed by atoms with Crippen LogP contribution in [0.25, 0.3) is 0 Å². The number of carbonyl (C=O) groups excluding carboxylic acids is 2. The van der Waals surface area contributed by atoms with Gasteiger partial charge in [0.25, 0.3) is 5.91 Å². The molecule has 0 aliphatic carbocycles. The van der Waals surface area contributed by atoms with E-state index in [4.69, 9.17) is 14.2 Å². The summed E-state index contributed by atoms with van der Waals surface area (Å²) in [4.78, 5) is 24.9. The molecule has 0 aromatic heterocycles. The van der Waals surface area contributed by atoms with Gasteiger partial charge in [-0.3, -0.25) is 4.79 Å². The van der Waals surface area contributed by atoms with Crippen molar-refractivity contribution < 1.29 is 23.8 Å².